The molecule has 0 saturated heterocycles. The maximum Gasteiger partial charge on any atom is 0.256 e. The maximum atomic E-state index is 13.4. The molecule has 1 aliphatic carbocycles. The van der Waals surface area contributed by atoms with E-state index in [2.05, 4.69) is 51.0 Å². The predicted molar refractivity (Wildman–Crippen MR) is 147 cm³/mol. The number of thiophene rings is 1. The van der Waals surface area contributed by atoms with Gasteiger partial charge in [0.25, 0.3) is 11.5 Å². The van der Waals surface area contributed by atoms with Gasteiger partial charge < -0.3 is 15.0 Å². The lowest BCUT2D eigenvalue weighted by Gasteiger charge is -2.25. The van der Waals surface area contributed by atoms with Gasteiger partial charge in [-0.05, 0) is 65.2 Å². The maximum absolute atomic E-state index is 13.4. The lowest BCUT2D eigenvalue weighted by Crippen LogP contribution is -2.36. The van der Waals surface area contributed by atoms with Crippen molar-refractivity contribution in [1.29, 1.82) is 0 Å². The van der Waals surface area contributed by atoms with Crippen LogP contribution in [0.1, 0.15) is 105 Å². The highest BCUT2D eigenvalue weighted by molar-refractivity contribution is 7.10. The summed E-state index contributed by atoms with van der Waals surface area (Å²) in [6.45, 7) is 11.3. The van der Waals surface area contributed by atoms with Crippen LogP contribution in [0.25, 0.3) is 0 Å². The molecule has 1 saturated carbocycles. The van der Waals surface area contributed by atoms with Crippen molar-refractivity contribution < 1.29 is 9.90 Å². The summed E-state index contributed by atoms with van der Waals surface area (Å²) in [7, 11) is 0. The van der Waals surface area contributed by atoms with Gasteiger partial charge in [-0.1, -0.05) is 58.9 Å². The highest BCUT2D eigenvalue weighted by Gasteiger charge is 2.50. The average molecular weight is 520 g/mol. The van der Waals surface area contributed by atoms with Gasteiger partial charge in [0.1, 0.15) is 5.82 Å². The van der Waals surface area contributed by atoms with Crippen molar-refractivity contribution in [1.82, 2.24) is 14.9 Å². The molecule has 0 radical (unpaired) electrons. The number of amides is 1. The number of nitrogens with zero attached hydrogens (tertiary/aromatic N) is 2. The van der Waals surface area contributed by atoms with Gasteiger partial charge in [0, 0.05) is 11.4 Å². The second-order valence-corrected chi connectivity index (χ2v) is 12.9. The first kappa shape index (κ1) is 25.9. The van der Waals surface area contributed by atoms with Crippen molar-refractivity contribution in [2.24, 2.45) is 0 Å². The number of aromatic nitrogens is 2. The normalized spacial score (nSPS) is 17.9. The minimum absolute atomic E-state index is 0.0879. The van der Waals surface area contributed by atoms with E-state index in [0.29, 0.717) is 36.4 Å². The number of aryl methyl sites for hydroxylation is 1. The summed E-state index contributed by atoms with van der Waals surface area (Å²) in [4.78, 5) is 37.6. The Morgan fingerprint density at radius 1 is 1.19 bits per heavy atom. The Hall–Kier alpha value is -2.77. The second-order valence-electron chi connectivity index (χ2n) is 12.0. The first-order chi connectivity index (χ1) is 17.5. The van der Waals surface area contributed by atoms with Crippen LogP contribution in [0.4, 0.5) is 0 Å². The van der Waals surface area contributed by atoms with Crippen LogP contribution in [-0.2, 0) is 28.6 Å². The van der Waals surface area contributed by atoms with Crippen LogP contribution in [0.15, 0.2) is 40.5 Å². The molecule has 1 unspecified atom stereocenters. The van der Waals surface area contributed by atoms with Crippen LogP contribution in [0, 0.1) is 0 Å². The van der Waals surface area contributed by atoms with Gasteiger partial charge in [-0.3, -0.25) is 9.59 Å². The number of nitrogens with one attached hydrogen (secondary N) is 1. The van der Waals surface area contributed by atoms with Crippen molar-refractivity contribution in [2.75, 3.05) is 6.54 Å². The largest absolute Gasteiger partial charge is 0.378 e. The molecule has 6 nitrogen and oxygen atoms in total. The molecule has 1 aromatic carbocycles. The van der Waals surface area contributed by atoms with Crippen LogP contribution in [-0.4, -0.2) is 32.4 Å². The van der Waals surface area contributed by atoms with Gasteiger partial charge in [0.2, 0.25) is 0 Å². The molecule has 1 fully saturated rings. The Kier molecular flexibility index (Phi) is 6.65. The number of hydrogen-bond acceptors (Lipinski definition) is 5. The minimum Gasteiger partial charge on any atom is -0.378 e. The number of fused-ring (bicyclic) bond motifs is 1. The number of aromatic amines is 1. The molecule has 1 atom stereocenters. The Balaban J connectivity index is 1.40. The summed E-state index contributed by atoms with van der Waals surface area (Å²) in [5, 5.41) is 13.2. The van der Waals surface area contributed by atoms with Crippen molar-refractivity contribution in [3.63, 3.8) is 0 Å². The molecular weight excluding hydrogens is 482 g/mol. The van der Waals surface area contributed by atoms with Gasteiger partial charge in [-0.25, -0.2) is 4.98 Å². The molecule has 2 aromatic heterocycles. The molecule has 1 aliphatic heterocycles. The number of H-pyrrole nitrogens is 1. The fourth-order valence-electron chi connectivity index (χ4n) is 5.16. The first-order valence-electron chi connectivity index (χ1n) is 13.3. The third kappa shape index (κ3) is 4.91. The van der Waals surface area contributed by atoms with E-state index >= 15 is 0 Å². The number of rotatable bonds is 5. The van der Waals surface area contributed by atoms with Crippen LogP contribution < -0.4 is 5.56 Å². The first-order valence-corrected chi connectivity index (χ1v) is 14.2. The Morgan fingerprint density at radius 2 is 1.95 bits per heavy atom. The van der Waals surface area contributed by atoms with E-state index in [4.69, 9.17) is 4.98 Å². The van der Waals surface area contributed by atoms with Gasteiger partial charge in [0.15, 0.2) is 6.10 Å². The van der Waals surface area contributed by atoms with Crippen molar-refractivity contribution in [3.8, 4) is 0 Å². The molecule has 5 rings (SSSR count). The highest BCUT2D eigenvalue weighted by Crippen LogP contribution is 2.54. The molecule has 0 bridgehead atoms. The van der Waals surface area contributed by atoms with Crippen molar-refractivity contribution in [3.05, 3.63) is 84.7 Å². The van der Waals surface area contributed by atoms with E-state index in [1.165, 1.54) is 10.4 Å². The monoisotopic (exact) mass is 519 g/mol. The number of benzene rings is 1. The Labute approximate surface area is 222 Å². The Bertz CT molecular complexity index is 1380. The molecule has 2 aliphatic rings. The zero-order valence-electron chi connectivity index (χ0n) is 22.4. The van der Waals surface area contributed by atoms with Gasteiger partial charge in [-0.15, -0.1) is 11.3 Å². The molecule has 37 heavy (non-hydrogen) atoms. The number of aliphatic hydroxyl groups is 1. The second kappa shape index (κ2) is 9.52. The summed E-state index contributed by atoms with van der Waals surface area (Å²) < 4.78 is 0. The third-order valence-electron chi connectivity index (χ3n) is 7.87. The molecule has 196 valence electrons. The number of hydrogen-bond donors (Lipinski definition) is 2. The molecule has 7 heteroatoms. The van der Waals surface area contributed by atoms with Crippen LogP contribution in [0.3, 0.4) is 0 Å². The van der Waals surface area contributed by atoms with Gasteiger partial charge in [-0.2, -0.15) is 0 Å². The van der Waals surface area contributed by atoms with Crippen LogP contribution in [0.5, 0.6) is 0 Å². The smallest absolute Gasteiger partial charge is 0.256 e. The fraction of sp³-hybridized carbons (Fsp3) is 0.500. The molecule has 0 spiro atoms. The standard InChI is InChI=1S/C30H37N3O3S/c1-18(2)20-15-24(37-17-20)30(11-12-30)28-31-23-10-7-13-33(16-22(23)26(35)32-28)27(36)25(34)19-8-6-9-21(14-19)29(3,4)5/h6,8-9,14-15,17-18,25,34H,7,10-13,16H2,1-5H3,(H,31,32,35). The quantitative estimate of drug-likeness (QED) is 0.476. The lowest BCUT2D eigenvalue weighted by atomic mass is 9.85. The number of carbonyl (C=O) groups excluding carboxylic acids is 1. The molecule has 2 N–H and O–H groups in total. The summed E-state index contributed by atoms with van der Waals surface area (Å²) in [6.07, 6.45) is 2.05. The van der Waals surface area contributed by atoms with Gasteiger partial charge >= 0.3 is 0 Å². The highest BCUT2D eigenvalue weighted by atomic mass is 32.1. The zero-order chi connectivity index (χ0) is 26.5. The fourth-order valence-corrected chi connectivity index (χ4v) is 6.49. The van der Waals surface area contributed by atoms with Crippen LogP contribution in [0.2, 0.25) is 0 Å². The SMILES string of the molecule is CC(C)c1csc(C2(c3nc4c(c(=O)[nH]3)CN(C(=O)C(O)c3cccc(C(C)(C)C)c3)CCC4)CC2)c1. The van der Waals surface area contributed by atoms with E-state index in [9.17, 15) is 14.7 Å². The summed E-state index contributed by atoms with van der Waals surface area (Å²) in [5.41, 5.74) is 3.83. The third-order valence-corrected chi connectivity index (χ3v) is 9.02. The minimum atomic E-state index is -1.26. The summed E-state index contributed by atoms with van der Waals surface area (Å²) >= 11 is 1.75. The predicted octanol–water partition coefficient (Wildman–Crippen LogP) is 5.34. The topological polar surface area (TPSA) is 86.3 Å². The zero-order valence-corrected chi connectivity index (χ0v) is 23.2. The Morgan fingerprint density at radius 3 is 2.59 bits per heavy atom. The summed E-state index contributed by atoms with van der Waals surface area (Å²) in [5.74, 6) is 0.850. The molecule has 3 heterocycles. The van der Waals surface area contributed by atoms with E-state index < -0.39 is 6.10 Å². The van der Waals surface area contributed by atoms with E-state index in [1.807, 2.05) is 18.2 Å². The molecule has 3 aromatic rings. The summed E-state index contributed by atoms with van der Waals surface area (Å²) in [6, 6.07) is 9.85. The average Bonchev–Trinajstić information content (AvgIpc) is 3.57. The van der Waals surface area contributed by atoms with E-state index in [1.54, 1.807) is 22.3 Å². The molecular formula is C30H37N3O3S. The molecule has 1 amide bonds. The van der Waals surface area contributed by atoms with Crippen LogP contribution >= 0.6 is 11.3 Å². The van der Waals surface area contributed by atoms with E-state index in [-0.39, 0.29) is 28.8 Å². The van der Waals surface area contributed by atoms with E-state index in [0.717, 1.165) is 29.9 Å². The van der Waals surface area contributed by atoms with Crippen molar-refractivity contribution in [2.45, 2.75) is 89.7 Å². The number of aliphatic hydroxyl groups excluding tert-OH is 1. The lowest BCUT2D eigenvalue weighted by molar-refractivity contribution is -0.141. The number of carbonyl (C=O) groups is 1. The van der Waals surface area contributed by atoms with Gasteiger partial charge in [0.05, 0.1) is 23.2 Å². The van der Waals surface area contributed by atoms with Crippen molar-refractivity contribution >= 4 is 17.2 Å².